The summed E-state index contributed by atoms with van der Waals surface area (Å²) in [5.41, 5.74) is 2.69. The molecule has 1 aliphatic heterocycles. The van der Waals surface area contributed by atoms with Crippen LogP contribution in [0.4, 0.5) is 0 Å². The van der Waals surface area contributed by atoms with Gasteiger partial charge in [-0.05, 0) is 80.5 Å². The molecule has 0 radical (unpaired) electrons. The predicted molar refractivity (Wildman–Crippen MR) is 187 cm³/mol. The Morgan fingerprint density at radius 1 is 0.688 bits per heavy atom. The van der Waals surface area contributed by atoms with Gasteiger partial charge in [0.25, 0.3) is 0 Å². The molecule has 0 amide bonds. The number of methoxy groups -OCH3 is 4. The molecule has 0 saturated heterocycles. The number of carbonyl (C=O) groups is 1. The summed E-state index contributed by atoms with van der Waals surface area (Å²) < 4.78 is 34.5. The summed E-state index contributed by atoms with van der Waals surface area (Å²) in [6.07, 6.45) is 7.10. The summed E-state index contributed by atoms with van der Waals surface area (Å²) in [6, 6.07) is 14.7. The van der Waals surface area contributed by atoms with Crippen molar-refractivity contribution in [1.29, 1.82) is 0 Å². The first kappa shape index (κ1) is 34.1. The molecule has 0 atom stereocenters. The van der Waals surface area contributed by atoms with Gasteiger partial charge in [-0.15, -0.1) is 0 Å². The standard InChI is InChI=1S/C40H42O8/c1-39(2,3)35-15-23(13-33(47-35)25-17-27(43-7)21-28(18-25)44-8)11-31-37(41)32(38(31)42)12-24-14-34(48-36(16-24)40(4,5)6)26-19-29(45-9)22-30(20-26)46-10/h11-22H,1-10H3/p+1. The van der Waals surface area contributed by atoms with Crippen molar-refractivity contribution in [2.45, 2.75) is 47.0 Å². The normalized spacial score (nSPS) is 16.7. The molecule has 2 aliphatic rings. The van der Waals surface area contributed by atoms with Crippen LogP contribution < -0.4 is 18.9 Å². The molecule has 250 valence electrons. The topological polar surface area (TPSA) is 94.8 Å². The molecule has 1 aliphatic carbocycles. The highest BCUT2D eigenvalue weighted by Gasteiger charge is 2.35. The van der Waals surface area contributed by atoms with E-state index in [1.54, 1.807) is 52.7 Å². The van der Waals surface area contributed by atoms with Crippen LogP contribution in [0.1, 0.15) is 58.4 Å². The van der Waals surface area contributed by atoms with Gasteiger partial charge in [0.1, 0.15) is 40.3 Å². The first-order valence-electron chi connectivity index (χ1n) is 15.6. The second kappa shape index (κ2) is 13.1. The molecule has 8 nitrogen and oxygen atoms in total. The number of hydrogen-bond donors (Lipinski definition) is 1. The summed E-state index contributed by atoms with van der Waals surface area (Å²) in [4.78, 5) is 13.6. The van der Waals surface area contributed by atoms with E-state index in [0.717, 1.165) is 11.1 Å². The molecular formula is C40H43O8+. The van der Waals surface area contributed by atoms with Gasteiger partial charge >= 0.3 is 11.5 Å². The van der Waals surface area contributed by atoms with Crippen LogP contribution in [0, 0.1) is 5.41 Å². The minimum absolute atomic E-state index is 0.0783. The van der Waals surface area contributed by atoms with Crippen molar-refractivity contribution >= 4 is 17.6 Å². The van der Waals surface area contributed by atoms with E-state index in [-0.39, 0.29) is 33.5 Å². The first-order valence-corrected chi connectivity index (χ1v) is 15.6. The van der Waals surface area contributed by atoms with Gasteiger partial charge in [-0.25, -0.2) is 4.42 Å². The number of aliphatic hydroxyl groups excluding tert-OH is 1. The van der Waals surface area contributed by atoms with Crippen molar-refractivity contribution in [3.8, 4) is 34.3 Å². The molecule has 0 fully saturated rings. The second-order valence-corrected chi connectivity index (χ2v) is 13.7. The fraction of sp³-hybridized carbons (Fsp3) is 0.300. The van der Waals surface area contributed by atoms with E-state index in [1.165, 1.54) is 0 Å². The third kappa shape index (κ3) is 7.18. The minimum Gasteiger partial charge on any atom is -0.506 e. The molecular weight excluding hydrogens is 608 g/mol. The Hall–Kier alpha value is -5.24. The van der Waals surface area contributed by atoms with Gasteiger partial charge < -0.3 is 28.8 Å². The number of benzene rings is 2. The Morgan fingerprint density at radius 2 is 1.23 bits per heavy atom. The second-order valence-electron chi connectivity index (χ2n) is 13.7. The zero-order chi connectivity index (χ0) is 35.0. The van der Waals surface area contributed by atoms with Crippen LogP contribution in [0.15, 0.2) is 99.4 Å². The summed E-state index contributed by atoms with van der Waals surface area (Å²) >= 11 is 0. The Kier molecular flexibility index (Phi) is 9.31. The van der Waals surface area contributed by atoms with E-state index in [9.17, 15) is 9.90 Å². The van der Waals surface area contributed by atoms with Gasteiger partial charge in [0.2, 0.25) is 5.78 Å². The average Bonchev–Trinajstić information content (AvgIpc) is 3.07. The number of ether oxygens (including phenoxy) is 5. The summed E-state index contributed by atoms with van der Waals surface area (Å²) in [5.74, 6) is 4.68. The molecule has 1 N–H and O–H groups in total. The molecule has 8 heteroatoms. The Bertz CT molecular complexity index is 1880. The molecule has 1 aromatic heterocycles. The monoisotopic (exact) mass is 651 g/mol. The van der Waals surface area contributed by atoms with Gasteiger partial charge in [0, 0.05) is 29.2 Å². The molecule has 0 saturated carbocycles. The third-order valence-corrected chi connectivity index (χ3v) is 8.00. The third-order valence-electron chi connectivity index (χ3n) is 8.00. The summed E-state index contributed by atoms with van der Waals surface area (Å²) in [7, 11) is 6.36. The zero-order valence-corrected chi connectivity index (χ0v) is 29.2. The number of Topliss-reactive ketones (excluding diaryl/α,β-unsaturated/α-hetero) is 1. The van der Waals surface area contributed by atoms with Crippen molar-refractivity contribution in [2.24, 2.45) is 5.41 Å². The average molecular weight is 652 g/mol. The molecule has 0 spiro atoms. The number of carbonyl (C=O) groups excluding carboxylic acids is 1. The minimum atomic E-state index is -0.333. The van der Waals surface area contributed by atoms with Crippen LogP contribution in [0.2, 0.25) is 0 Å². The van der Waals surface area contributed by atoms with Gasteiger partial charge in [-0.2, -0.15) is 0 Å². The van der Waals surface area contributed by atoms with Crippen molar-refractivity contribution in [3.63, 3.8) is 0 Å². The molecule has 2 heterocycles. The highest BCUT2D eigenvalue weighted by molar-refractivity contribution is 6.23. The van der Waals surface area contributed by atoms with Crippen molar-refractivity contribution in [3.05, 3.63) is 112 Å². The number of ketones is 1. The van der Waals surface area contributed by atoms with Gasteiger partial charge in [-0.3, -0.25) is 4.79 Å². The summed E-state index contributed by atoms with van der Waals surface area (Å²) in [6.45, 7) is 12.3. The van der Waals surface area contributed by atoms with E-state index in [1.807, 2.05) is 90.1 Å². The quantitative estimate of drug-likeness (QED) is 0.190. The van der Waals surface area contributed by atoms with E-state index in [4.69, 9.17) is 28.1 Å². The SMILES string of the molecule is COc1cc(OC)cc(C2=CC(=CC3=C(O)C(=Cc4cc(-c5cc(OC)cc(OC)c5)[o+]c(C(C)(C)C)c4)C3=O)C=C(C(C)(C)C)O2)c1. The molecule has 3 aromatic rings. The highest BCUT2D eigenvalue weighted by atomic mass is 16.5. The molecule has 48 heavy (non-hydrogen) atoms. The Labute approximate surface area is 282 Å². The van der Waals surface area contributed by atoms with Crippen LogP contribution in [0.3, 0.4) is 0 Å². The zero-order valence-electron chi connectivity index (χ0n) is 29.2. The predicted octanol–water partition coefficient (Wildman–Crippen LogP) is 9.27. The Morgan fingerprint density at radius 3 is 1.71 bits per heavy atom. The van der Waals surface area contributed by atoms with E-state index in [0.29, 0.717) is 57.2 Å². The fourth-order valence-corrected chi connectivity index (χ4v) is 5.18. The van der Waals surface area contributed by atoms with Gasteiger partial charge in [0.15, 0.2) is 0 Å². The molecule has 5 rings (SSSR count). The van der Waals surface area contributed by atoms with Crippen LogP contribution >= 0.6 is 0 Å². The van der Waals surface area contributed by atoms with Crippen molar-refractivity contribution in [1.82, 2.24) is 0 Å². The Balaban J connectivity index is 1.57. The maximum Gasteiger partial charge on any atom is 0.361 e. The first-order chi connectivity index (χ1) is 22.6. The largest absolute Gasteiger partial charge is 0.506 e. The molecule has 2 aromatic carbocycles. The van der Waals surface area contributed by atoms with Crippen molar-refractivity contribution < 1.29 is 38.0 Å². The van der Waals surface area contributed by atoms with Crippen LogP contribution in [-0.4, -0.2) is 39.3 Å². The number of allylic oxidation sites excluding steroid dienone is 7. The van der Waals surface area contributed by atoms with Crippen molar-refractivity contribution in [2.75, 3.05) is 28.4 Å². The van der Waals surface area contributed by atoms with Crippen LogP contribution in [0.5, 0.6) is 23.0 Å². The van der Waals surface area contributed by atoms with E-state index >= 15 is 0 Å². The maximum atomic E-state index is 13.6. The smallest absolute Gasteiger partial charge is 0.361 e. The lowest BCUT2D eigenvalue weighted by atomic mass is 9.84. The van der Waals surface area contributed by atoms with Crippen LogP contribution in [0.25, 0.3) is 23.2 Å². The highest BCUT2D eigenvalue weighted by Crippen LogP contribution is 2.41. The maximum absolute atomic E-state index is 13.6. The molecule has 0 unspecified atom stereocenters. The summed E-state index contributed by atoms with van der Waals surface area (Å²) in [5, 5.41) is 11.2. The lowest BCUT2D eigenvalue weighted by Crippen LogP contribution is -2.21. The van der Waals surface area contributed by atoms with E-state index < -0.39 is 0 Å². The molecule has 0 bridgehead atoms. The number of aliphatic hydroxyl groups is 1. The van der Waals surface area contributed by atoms with Crippen LogP contribution in [-0.2, 0) is 14.9 Å². The fourth-order valence-electron chi connectivity index (χ4n) is 5.18. The lowest BCUT2D eigenvalue weighted by molar-refractivity contribution is -0.113. The lowest BCUT2D eigenvalue weighted by Gasteiger charge is -2.28. The van der Waals surface area contributed by atoms with E-state index in [2.05, 4.69) is 0 Å². The van der Waals surface area contributed by atoms with Gasteiger partial charge in [-0.1, -0.05) is 20.8 Å². The number of hydrogen-bond acceptors (Lipinski definition) is 7. The number of rotatable bonds is 8. The van der Waals surface area contributed by atoms with Gasteiger partial charge in [0.05, 0.1) is 56.6 Å².